The quantitative estimate of drug-likeness (QED) is 0.829. The van der Waals surface area contributed by atoms with E-state index in [0.717, 1.165) is 11.1 Å². The van der Waals surface area contributed by atoms with Crippen LogP contribution in [0.2, 0.25) is 5.02 Å². The Hall–Kier alpha value is -1.26. The summed E-state index contributed by atoms with van der Waals surface area (Å²) >= 11 is 5.99. The number of hydrogen-bond acceptors (Lipinski definition) is 3. The molecule has 0 aliphatic carbocycles. The molecule has 0 heterocycles. The van der Waals surface area contributed by atoms with Crippen LogP contribution in [0.3, 0.4) is 0 Å². The van der Waals surface area contributed by atoms with Gasteiger partial charge in [-0.1, -0.05) is 11.6 Å². The number of benzene rings is 1. The van der Waals surface area contributed by atoms with Crippen molar-refractivity contribution in [2.24, 2.45) is 0 Å². The number of carboxylic acid groups (broad SMARTS) is 1. The predicted molar refractivity (Wildman–Crippen MR) is 69.3 cm³/mol. The van der Waals surface area contributed by atoms with Crippen LogP contribution in [0.4, 0.5) is 0 Å². The number of methoxy groups -OCH3 is 2. The molecule has 0 saturated carbocycles. The topological polar surface area (TPSA) is 55.8 Å². The molecule has 0 atom stereocenters. The van der Waals surface area contributed by atoms with Crippen molar-refractivity contribution in [1.82, 2.24) is 0 Å². The van der Waals surface area contributed by atoms with E-state index in [-0.39, 0.29) is 6.42 Å². The average molecular weight is 273 g/mol. The Kier molecular flexibility index (Phi) is 5.95. The summed E-state index contributed by atoms with van der Waals surface area (Å²) in [6.45, 7) is 0.430. The van der Waals surface area contributed by atoms with E-state index < -0.39 is 5.97 Å². The summed E-state index contributed by atoms with van der Waals surface area (Å²) in [6, 6.07) is 3.56. The maximum absolute atomic E-state index is 10.5. The fourth-order valence-corrected chi connectivity index (χ4v) is 2.06. The van der Waals surface area contributed by atoms with Crippen molar-refractivity contribution in [2.45, 2.75) is 25.9 Å². The van der Waals surface area contributed by atoms with E-state index in [4.69, 9.17) is 26.2 Å². The molecular formula is C13H17ClO4. The monoisotopic (exact) mass is 272 g/mol. The summed E-state index contributed by atoms with van der Waals surface area (Å²) in [7, 11) is 3.18. The maximum Gasteiger partial charge on any atom is 0.303 e. The van der Waals surface area contributed by atoms with Crippen molar-refractivity contribution >= 4 is 17.6 Å². The van der Waals surface area contributed by atoms with E-state index >= 15 is 0 Å². The molecule has 0 amide bonds. The Bertz CT molecular complexity index is 418. The van der Waals surface area contributed by atoms with Gasteiger partial charge in [0.15, 0.2) is 0 Å². The van der Waals surface area contributed by atoms with Gasteiger partial charge in [0.25, 0.3) is 0 Å². The molecule has 0 radical (unpaired) electrons. The summed E-state index contributed by atoms with van der Waals surface area (Å²) in [5, 5.41) is 9.24. The van der Waals surface area contributed by atoms with Crippen molar-refractivity contribution < 1.29 is 19.4 Å². The molecule has 0 saturated heterocycles. The second-order valence-corrected chi connectivity index (χ2v) is 4.36. The van der Waals surface area contributed by atoms with E-state index in [1.165, 1.54) is 0 Å². The van der Waals surface area contributed by atoms with E-state index in [1.807, 2.05) is 6.07 Å². The Morgan fingerprint density at radius 3 is 2.67 bits per heavy atom. The van der Waals surface area contributed by atoms with Crippen molar-refractivity contribution in [2.75, 3.05) is 14.2 Å². The normalized spacial score (nSPS) is 10.4. The zero-order valence-electron chi connectivity index (χ0n) is 10.5. The van der Waals surface area contributed by atoms with E-state index in [0.29, 0.717) is 30.2 Å². The smallest absolute Gasteiger partial charge is 0.303 e. The second kappa shape index (κ2) is 7.24. The number of hydrogen-bond donors (Lipinski definition) is 1. The minimum atomic E-state index is -0.795. The molecule has 1 rings (SSSR count). The summed E-state index contributed by atoms with van der Waals surface area (Å²) in [4.78, 5) is 10.5. The molecule has 0 spiro atoms. The van der Waals surface area contributed by atoms with Crippen molar-refractivity contribution in [3.8, 4) is 5.75 Å². The third kappa shape index (κ3) is 4.20. The number of carbonyl (C=O) groups is 1. The third-order valence-electron chi connectivity index (χ3n) is 2.60. The predicted octanol–water partition coefficient (Wildman–Crippen LogP) is 2.90. The van der Waals surface area contributed by atoms with Gasteiger partial charge in [0.05, 0.1) is 13.7 Å². The molecule has 0 aliphatic rings. The van der Waals surface area contributed by atoms with Gasteiger partial charge < -0.3 is 14.6 Å². The lowest BCUT2D eigenvalue weighted by Gasteiger charge is -2.14. The fourth-order valence-electron chi connectivity index (χ4n) is 1.83. The Labute approximate surface area is 111 Å². The van der Waals surface area contributed by atoms with Gasteiger partial charge in [0.1, 0.15) is 5.75 Å². The SMILES string of the molecule is COCc1cc(Cl)cc(OC)c1CCCC(=O)O. The van der Waals surface area contributed by atoms with Crippen molar-refractivity contribution in [3.63, 3.8) is 0 Å². The Morgan fingerprint density at radius 1 is 1.39 bits per heavy atom. The van der Waals surface area contributed by atoms with Crippen LogP contribution >= 0.6 is 11.6 Å². The van der Waals surface area contributed by atoms with Gasteiger partial charge in [0, 0.05) is 18.6 Å². The van der Waals surface area contributed by atoms with Gasteiger partial charge in [-0.15, -0.1) is 0 Å². The molecule has 5 heteroatoms. The van der Waals surface area contributed by atoms with Crippen molar-refractivity contribution in [1.29, 1.82) is 0 Å². The first-order valence-corrected chi connectivity index (χ1v) is 6.02. The number of carboxylic acids is 1. The molecule has 0 aliphatic heterocycles. The van der Waals surface area contributed by atoms with E-state index in [2.05, 4.69) is 0 Å². The van der Waals surface area contributed by atoms with Gasteiger partial charge in [-0.25, -0.2) is 0 Å². The van der Waals surface area contributed by atoms with Crippen LogP contribution in [0.1, 0.15) is 24.0 Å². The molecule has 0 bridgehead atoms. The Morgan fingerprint density at radius 2 is 2.11 bits per heavy atom. The Balaban J connectivity index is 2.93. The van der Waals surface area contributed by atoms with Crippen LogP contribution in [0, 0.1) is 0 Å². The van der Waals surface area contributed by atoms with Crippen LogP contribution in [-0.2, 0) is 22.6 Å². The second-order valence-electron chi connectivity index (χ2n) is 3.93. The summed E-state index contributed by atoms with van der Waals surface area (Å²) in [6.07, 6.45) is 1.33. The van der Waals surface area contributed by atoms with Crippen LogP contribution in [0.25, 0.3) is 0 Å². The zero-order valence-corrected chi connectivity index (χ0v) is 11.3. The highest BCUT2D eigenvalue weighted by molar-refractivity contribution is 6.30. The van der Waals surface area contributed by atoms with Crippen LogP contribution in [0.5, 0.6) is 5.75 Å². The molecule has 18 heavy (non-hydrogen) atoms. The minimum Gasteiger partial charge on any atom is -0.496 e. The lowest BCUT2D eigenvalue weighted by molar-refractivity contribution is -0.137. The molecule has 1 aromatic rings. The highest BCUT2D eigenvalue weighted by Gasteiger charge is 2.11. The van der Waals surface area contributed by atoms with Crippen LogP contribution < -0.4 is 4.74 Å². The zero-order chi connectivity index (χ0) is 13.5. The molecule has 0 unspecified atom stereocenters. The van der Waals surface area contributed by atoms with Gasteiger partial charge in [0.2, 0.25) is 0 Å². The summed E-state index contributed by atoms with van der Waals surface area (Å²) in [5.41, 5.74) is 1.90. The first-order valence-electron chi connectivity index (χ1n) is 5.64. The van der Waals surface area contributed by atoms with Crippen LogP contribution in [0.15, 0.2) is 12.1 Å². The molecule has 0 fully saturated rings. The number of halogens is 1. The molecule has 1 aromatic carbocycles. The minimum absolute atomic E-state index is 0.137. The van der Waals surface area contributed by atoms with Crippen molar-refractivity contribution in [3.05, 3.63) is 28.3 Å². The molecular weight excluding hydrogens is 256 g/mol. The summed E-state index contributed by atoms with van der Waals surface area (Å²) < 4.78 is 10.4. The molecule has 100 valence electrons. The van der Waals surface area contributed by atoms with E-state index in [9.17, 15) is 4.79 Å². The van der Waals surface area contributed by atoms with Crippen LogP contribution in [-0.4, -0.2) is 25.3 Å². The van der Waals surface area contributed by atoms with Gasteiger partial charge in [-0.2, -0.15) is 0 Å². The number of rotatable bonds is 7. The van der Waals surface area contributed by atoms with Gasteiger partial charge in [-0.05, 0) is 36.1 Å². The summed E-state index contributed by atoms with van der Waals surface area (Å²) in [5.74, 6) is -0.115. The third-order valence-corrected chi connectivity index (χ3v) is 2.82. The average Bonchev–Trinajstić information content (AvgIpc) is 2.31. The molecule has 0 aromatic heterocycles. The van der Waals surface area contributed by atoms with E-state index in [1.54, 1.807) is 20.3 Å². The highest BCUT2D eigenvalue weighted by Crippen LogP contribution is 2.29. The standard InChI is InChI=1S/C13H17ClO4/c1-17-8-9-6-10(14)7-12(18-2)11(9)4-3-5-13(15)16/h6-7H,3-5,8H2,1-2H3,(H,15,16). The molecule has 1 N–H and O–H groups in total. The maximum atomic E-state index is 10.5. The number of ether oxygens (including phenoxy) is 2. The first kappa shape index (κ1) is 14.8. The lowest BCUT2D eigenvalue weighted by atomic mass is 10.0. The highest BCUT2D eigenvalue weighted by atomic mass is 35.5. The molecule has 4 nitrogen and oxygen atoms in total. The number of aliphatic carboxylic acids is 1. The first-order chi connectivity index (χ1) is 8.58. The fraction of sp³-hybridized carbons (Fsp3) is 0.462. The largest absolute Gasteiger partial charge is 0.496 e. The van der Waals surface area contributed by atoms with Gasteiger partial charge in [-0.3, -0.25) is 4.79 Å². The van der Waals surface area contributed by atoms with Gasteiger partial charge >= 0.3 is 5.97 Å². The lowest BCUT2D eigenvalue weighted by Crippen LogP contribution is -2.02.